The molecular formula is C11H18N2O2. The fourth-order valence-corrected chi connectivity index (χ4v) is 1.78. The summed E-state index contributed by atoms with van der Waals surface area (Å²) in [6.07, 6.45) is 0. The summed E-state index contributed by atoms with van der Waals surface area (Å²) in [4.78, 5) is 23.6. The Balaban J connectivity index is 3.65. The first-order chi connectivity index (χ1) is 6.86. The van der Waals surface area contributed by atoms with Gasteiger partial charge in [0.25, 0.3) is 5.56 Å². The molecule has 0 saturated heterocycles. The molecule has 0 N–H and O–H groups in total. The van der Waals surface area contributed by atoms with E-state index in [0.29, 0.717) is 0 Å². The van der Waals surface area contributed by atoms with Gasteiger partial charge in [0.05, 0.1) is 0 Å². The predicted octanol–water partition coefficient (Wildman–Crippen LogP) is 1.48. The van der Waals surface area contributed by atoms with Gasteiger partial charge in [-0.05, 0) is 34.6 Å². The third-order valence-corrected chi connectivity index (χ3v) is 2.39. The third-order valence-electron chi connectivity index (χ3n) is 2.39. The standard InChI is InChI=1S/C11H18N2O2/c1-7(2)12-9(5)6-10(14)13(8(3)4)11(12)15/h6-8H,1-5H3. The van der Waals surface area contributed by atoms with Gasteiger partial charge in [0.1, 0.15) is 0 Å². The number of hydrogen-bond donors (Lipinski definition) is 0. The fraction of sp³-hybridized carbons (Fsp3) is 0.636. The Labute approximate surface area is 89.2 Å². The molecule has 1 rings (SSSR count). The molecule has 84 valence electrons. The zero-order valence-electron chi connectivity index (χ0n) is 9.94. The molecule has 0 unspecified atom stereocenters. The minimum atomic E-state index is -0.218. The maximum Gasteiger partial charge on any atom is 0.331 e. The van der Waals surface area contributed by atoms with E-state index in [4.69, 9.17) is 0 Å². The second-order valence-corrected chi connectivity index (χ2v) is 4.33. The van der Waals surface area contributed by atoms with Crippen molar-refractivity contribution >= 4 is 0 Å². The lowest BCUT2D eigenvalue weighted by atomic mass is 10.3. The van der Waals surface area contributed by atoms with E-state index in [1.807, 2.05) is 27.7 Å². The van der Waals surface area contributed by atoms with Gasteiger partial charge in [0, 0.05) is 23.8 Å². The molecule has 4 nitrogen and oxygen atoms in total. The first kappa shape index (κ1) is 11.8. The monoisotopic (exact) mass is 210 g/mol. The molecule has 0 atom stereocenters. The average Bonchev–Trinajstić information content (AvgIpc) is 1.99. The maximum absolute atomic E-state index is 12.0. The van der Waals surface area contributed by atoms with Crippen LogP contribution in [0.1, 0.15) is 45.5 Å². The van der Waals surface area contributed by atoms with Crippen LogP contribution in [0.3, 0.4) is 0 Å². The van der Waals surface area contributed by atoms with Crippen LogP contribution in [0.4, 0.5) is 0 Å². The van der Waals surface area contributed by atoms with E-state index in [9.17, 15) is 9.59 Å². The molecule has 1 aromatic heterocycles. The normalized spacial score (nSPS) is 11.4. The molecular weight excluding hydrogens is 192 g/mol. The molecule has 0 aliphatic heterocycles. The molecule has 0 bridgehead atoms. The molecule has 0 radical (unpaired) electrons. The highest BCUT2D eigenvalue weighted by Gasteiger charge is 2.12. The third kappa shape index (κ3) is 2.03. The van der Waals surface area contributed by atoms with E-state index in [-0.39, 0.29) is 23.3 Å². The quantitative estimate of drug-likeness (QED) is 0.742. The average molecular weight is 210 g/mol. The molecule has 4 heteroatoms. The highest BCUT2D eigenvalue weighted by molar-refractivity contribution is 5.01. The van der Waals surface area contributed by atoms with E-state index < -0.39 is 0 Å². The number of aromatic nitrogens is 2. The first-order valence-electron chi connectivity index (χ1n) is 5.21. The maximum atomic E-state index is 12.0. The van der Waals surface area contributed by atoms with Crippen molar-refractivity contribution in [2.45, 2.75) is 46.7 Å². The molecule has 15 heavy (non-hydrogen) atoms. The van der Waals surface area contributed by atoms with E-state index >= 15 is 0 Å². The van der Waals surface area contributed by atoms with Gasteiger partial charge in [-0.15, -0.1) is 0 Å². The summed E-state index contributed by atoms with van der Waals surface area (Å²) < 4.78 is 2.92. The molecule has 0 aliphatic carbocycles. The second-order valence-electron chi connectivity index (χ2n) is 4.33. The Hall–Kier alpha value is -1.32. The lowest BCUT2D eigenvalue weighted by molar-refractivity contribution is 0.464. The first-order valence-corrected chi connectivity index (χ1v) is 5.21. The summed E-state index contributed by atoms with van der Waals surface area (Å²) in [5, 5.41) is 0. The zero-order chi connectivity index (χ0) is 11.7. The number of aryl methyl sites for hydroxylation is 1. The molecule has 0 aromatic carbocycles. The molecule has 0 spiro atoms. The van der Waals surface area contributed by atoms with Crippen LogP contribution in [-0.2, 0) is 0 Å². The minimum Gasteiger partial charge on any atom is -0.295 e. The van der Waals surface area contributed by atoms with Crippen molar-refractivity contribution in [3.63, 3.8) is 0 Å². The van der Waals surface area contributed by atoms with Crippen LogP contribution >= 0.6 is 0 Å². The van der Waals surface area contributed by atoms with Crippen LogP contribution in [0, 0.1) is 6.92 Å². The number of nitrogens with zero attached hydrogens (tertiary/aromatic N) is 2. The smallest absolute Gasteiger partial charge is 0.295 e. The zero-order valence-corrected chi connectivity index (χ0v) is 9.94. The molecule has 0 amide bonds. The Morgan fingerprint density at radius 2 is 1.47 bits per heavy atom. The van der Waals surface area contributed by atoms with Gasteiger partial charge < -0.3 is 0 Å². The molecule has 0 saturated carbocycles. The van der Waals surface area contributed by atoms with Crippen molar-refractivity contribution in [1.82, 2.24) is 9.13 Å². The highest BCUT2D eigenvalue weighted by Crippen LogP contribution is 2.04. The van der Waals surface area contributed by atoms with Crippen LogP contribution in [0.5, 0.6) is 0 Å². The van der Waals surface area contributed by atoms with Gasteiger partial charge in [0.2, 0.25) is 0 Å². The molecule has 1 heterocycles. The van der Waals surface area contributed by atoms with Crippen molar-refractivity contribution in [2.24, 2.45) is 0 Å². The molecule has 1 aromatic rings. The lowest BCUT2D eigenvalue weighted by Gasteiger charge is -2.17. The number of rotatable bonds is 2. The van der Waals surface area contributed by atoms with Crippen molar-refractivity contribution in [3.8, 4) is 0 Å². The Kier molecular flexibility index (Phi) is 3.17. The fourth-order valence-electron chi connectivity index (χ4n) is 1.78. The second kappa shape index (κ2) is 4.04. The van der Waals surface area contributed by atoms with Crippen molar-refractivity contribution in [3.05, 3.63) is 32.6 Å². The van der Waals surface area contributed by atoms with Gasteiger partial charge in [-0.3, -0.25) is 13.9 Å². The summed E-state index contributed by atoms with van der Waals surface area (Å²) in [5.41, 5.74) is 0.284. The highest BCUT2D eigenvalue weighted by atomic mass is 16.2. The predicted molar refractivity (Wildman–Crippen MR) is 60.5 cm³/mol. The van der Waals surface area contributed by atoms with Gasteiger partial charge in [-0.1, -0.05) is 0 Å². The van der Waals surface area contributed by atoms with Gasteiger partial charge >= 0.3 is 5.69 Å². The molecule has 0 fully saturated rings. The largest absolute Gasteiger partial charge is 0.331 e. The minimum absolute atomic E-state index is 0.0723. The van der Waals surface area contributed by atoms with E-state index in [1.165, 1.54) is 10.6 Å². The summed E-state index contributed by atoms with van der Waals surface area (Å²) in [6, 6.07) is 1.49. The van der Waals surface area contributed by atoms with Gasteiger partial charge in [0.15, 0.2) is 0 Å². The van der Waals surface area contributed by atoms with Crippen LogP contribution in [0.2, 0.25) is 0 Å². The van der Waals surface area contributed by atoms with Crippen molar-refractivity contribution in [1.29, 1.82) is 0 Å². The van der Waals surface area contributed by atoms with E-state index in [2.05, 4.69) is 0 Å². The van der Waals surface area contributed by atoms with Crippen molar-refractivity contribution in [2.75, 3.05) is 0 Å². The summed E-state index contributed by atoms with van der Waals surface area (Å²) in [5.74, 6) is 0. The van der Waals surface area contributed by atoms with Gasteiger partial charge in [-0.2, -0.15) is 0 Å². The Morgan fingerprint density at radius 3 is 1.87 bits per heavy atom. The SMILES string of the molecule is Cc1cc(=O)n(C(C)C)c(=O)n1C(C)C. The lowest BCUT2D eigenvalue weighted by Crippen LogP contribution is -2.42. The summed E-state index contributed by atoms with van der Waals surface area (Å²) in [6.45, 7) is 9.33. The topological polar surface area (TPSA) is 44.0 Å². The molecule has 0 aliphatic rings. The van der Waals surface area contributed by atoms with Crippen LogP contribution in [0.25, 0.3) is 0 Å². The Morgan fingerprint density at radius 1 is 1.00 bits per heavy atom. The van der Waals surface area contributed by atoms with Gasteiger partial charge in [-0.25, -0.2) is 4.79 Å². The summed E-state index contributed by atoms with van der Waals surface area (Å²) >= 11 is 0. The van der Waals surface area contributed by atoms with Crippen LogP contribution < -0.4 is 11.2 Å². The van der Waals surface area contributed by atoms with E-state index in [0.717, 1.165) is 5.69 Å². The van der Waals surface area contributed by atoms with Crippen molar-refractivity contribution < 1.29 is 0 Å². The van der Waals surface area contributed by atoms with Crippen LogP contribution in [0.15, 0.2) is 15.7 Å². The van der Waals surface area contributed by atoms with Crippen LogP contribution in [-0.4, -0.2) is 9.13 Å². The van der Waals surface area contributed by atoms with E-state index in [1.54, 1.807) is 11.5 Å². The Bertz CT molecular complexity index is 466. The summed E-state index contributed by atoms with van der Waals surface area (Å²) in [7, 11) is 0. The number of hydrogen-bond acceptors (Lipinski definition) is 2.